The molecule has 0 aromatic carbocycles. The van der Waals surface area contributed by atoms with Crippen LogP contribution in [-0.2, 0) is 9.59 Å². The predicted octanol–water partition coefficient (Wildman–Crippen LogP) is 1.31. The summed E-state index contributed by atoms with van der Waals surface area (Å²) in [6, 6.07) is 2.30. The predicted molar refractivity (Wildman–Crippen MR) is 57.4 cm³/mol. The topological polar surface area (TPSA) is 70.5 Å². The number of carbonyl (C=O) groups excluding carboxylic acids is 1. The number of nitrogens with zero attached hydrogens (tertiary/aromatic N) is 2. The van der Waals surface area contributed by atoms with E-state index in [0.29, 0.717) is 17.3 Å². The minimum absolute atomic E-state index is 0.220. The van der Waals surface area contributed by atoms with E-state index in [1.165, 1.54) is 11.1 Å². The third-order valence-electron chi connectivity index (χ3n) is 2.46. The maximum Gasteiger partial charge on any atom is 0.326 e. The fourth-order valence-electron chi connectivity index (χ4n) is 1.72. The van der Waals surface area contributed by atoms with Crippen LogP contribution in [0.1, 0.15) is 12.8 Å². The molecule has 0 aliphatic carbocycles. The first-order valence-electron chi connectivity index (χ1n) is 4.76. The van der Waals surface area contributed by atoms with Gasteiger partial charge < -0.3 is 5.11 Å². The first kappa shape index (κ1) is 10.9. The van der Waals surface area contributed by atoms with Gasteiger partial charge in [-0.05, 0) is 18.6 Å². The van der Waals surface area contributed by atoms with Crippen LogP contribution in [0.5, 0.6) is 0 Å². The van der Waals surface area contributed by atoms with Crippen LogP contribution in [0.2, 0.25) is 5.02 Å². The van der Waals surface area contributed by atoms with Gasteiger partial charge in [-0.1, -0.05) is 11.6 Å². The van der Waals surface area contributed by atoms with Gasteiger partial charge in [0.2, 0.25) is 5.91 Å². The Morgan fingerprint density at radius 1 is 1.56 bits per heavy atom. The van der Waals surface area contributed by atoms with Crippen molar-refractivity contribution in [3.8, 4) is 0 Å². The fourth-order valence-corrected chi connectivity index (χ4v) is 1.83. The van der Waals surface area contributed by atoms with Gasteiger partial charge in [0.1, 0.15) is 11.9 Å². The van der Waals surface area contributed by atoms with Crippen molar-refractivity contribution in [2.75, 3.05) is 4.90 Å². The highest BCUT2D eigenvalue weighted by molar-refractivity contribution is 6.30. The zero-order valence-electron chi connectivity index (χ0n) is 8.26. The number of carboxylic acid groups (broad SMARTS) is 1. The van der Waals surface area contributed by atoms with Crippen LogP contribution < -0.4 is 4.90 Å². The Balaban J connectivity index is 2.33. The molecule has 0 radical (unpaired) electrons. The van der Waals surface area contributed by atoms with E-state index in [-0.39, 0.29) is 12.3 Å². The van der Waals surface area contributed by atoms with Gasteiger partial charge in [-0.2, -0.15) is 0 Å². The lowest BCUT2D eigenvalue weighted by Gasteiger charge is -2.20. The minimum atomic E-state index is -1.01. The Morgan fingerprint density at radius 2 is 2.31 bits per heavy atom. The van der Waals surface area contributed by atoms with Crippen molar-refractivity contribution in [2.24, 2.45) is 0 Å². The summed E-state index contributed by atoms with van der Waals surface area (Å²) in [6.45, 7) is 0. The van der Waals surface area contributed by atoms with Crippen molar-refractivity contribution in [3.05, 3.63) is 23.4 Å². The number of aromatic nitrogens is 1. The highest BCUT2D eigenvalue weighted by Gasteiger charge is 2.37. The molecule has 1 aliphatic rings. The lowest BCUT2D eigenvalue weighted by Crippen LogP contribution is -2.39. The summed E-state index contributed by atoms with van der Waals surface area (Å²) in [5.74, 6) is -0.899. The van der Waals surface area contributed by atoms with Crippen LogP contribution in [0, 0.1) is 0 Å². The maximum absolute atomic E-state index is 11.6. The fraction of sp³-hybridized carbons (Fsp3) is 0.300. The Labute approximate surface area is 96.7 Å². The van der Waals surface area contributed by atoms with Crippen LogP contribution in [0.4, 0.5) is 5.82 Å². The molecule has 0 bridgehead atoms. The molecule has 0 saturated carbocycles. The monoisotopic (exact) mass is 240 g/mol. The van der Waals surface area contributed by atoms with Crippen LogP contribution >= 0.6 is 11.6 Å². The molecule has 1 fully saturated rings. The van der Waals surface area contributed by atoms with Crippen molar-refractivity contribution < 1.29 is 14.7 Å². The molecule has 5 nitrogen and oxygen atoms in total. The Kier molecular flexibility index (Phi) is 2.78. The molecule has 1 aliphatic heterocycles. The number of pyridine rings is 1. The van der Waals surface area contributed by atoms with Crippen molar-refractivity contribution in [1.29, 1.82) is 0 Å². The number of aliphatic carboxylic acids is 1. The minimum Gasteiger partial charge on any atom is -0.480 e. The van der Waals surface area contributed by atoms with E-state index in [4.69, 9.17) is 16.7 Å². The zero-order valence-corrected chi connectivity index (χ0v) is 9.02. The molecule has 1 saturated heterocycles. The van der Waals surface area contributed by atoms with Gasteiger partial charge >= 0.3 is 5.97 Å². The summed E-state index contributed by atoms with van der Waals surface area (Å²) in [7, 11) is 0. The average Bonchev–Trinajstić information content (AvgIpc) is 2.62. The van der Waals surface area contributed by atoms with Crippen LogP contribution in [0.3, 0.4) is 0 Å². The van der Waals surface area contributed by atoms with Gasteiger partial charge in [-0.25, -0.2) is 9.78 Å². The quantitative estimate of drug-likeness (QED) is 0.846. The molecule has 1 aromatic rings. The van der Waals surface area contributed by atoms with Crippen LogP contribution in [-0.4, -0.2) is 28.0 Å². The molecule has 1 unspecified atom stereocenters. The van der Waals surface area contributed by atoms with Crippen LogP contribution in [0.15, 0.2) is 18.3 Å². The first-order valence-corrected chi connectivity index (χ1v) is 5.14. The van der Waals surface area contributed by atoms with E-state index in [2.05, 4.69) is 4.98 Å². The van der Waals surface area contributed by atoms with Crippen molar-refractivity contribution in [2.45, 2.75) is 18.9 Å². The van der Waals surface area contributed by atoms with Crippen LogP contribution in [0.25, 0.3) is 0 Å². The van der Waals surface area contributed by atoms with Crippen molar-refractivity contribution in [1.82, 2.24) is 4.98 Å². The highest BCUT2D eigenvalue weighted by atomic mass is 35.5. The molecular formula is C10H9ClN2O3. The largest absolute Gasteiger partial charge is 0.480 e. The molecule has 1 atom stereocenters. The smallest absolute Gasteiger partial charge is 0.326 e. The van der Waals surface area contributed by atoms with E-state index in [1.807, 2.05) is 0 Å². The van der Waals surface area contributed by atoms with Crippen molar-refractivity contribution in [3.63, 3.8) is 0 Å². The van der Waals surface area contributed by atoms with E-state index in [9.17, 15) is 9.59 Å². The second-order valence-corrected chi connectivity index (χ2v) is 3.93. The molecule has 1 N–H and O–H groups in total. The van der Waals surface area contributed by atoms with Gasteiger partial charge in [0.25, 0.3) is 0 Å². The number of carboxylic acids is 1. The van der Waals surface area contributed by atoms with E-state index >= 15 is 0 Å². The molecule has 84 valence electrons. The average molecular weight is 241 g/mol. The zero-order chi connectivity index (χ0) is 11.7. The number of carbonyl (C=O) groups is 2. The second kappa shape index (κ2) is 4.09. The summed E-state index contributed by atoms with van der Waals surface area (Å²) in [4.78, 5) is 27.7. The molecule has 16 heavy (non-hydrogen) atoms. The molecule has 6 heteroatoms. The summed E-state index contributed by atoms with van der Waals surface area (Å²) in [5, 5.41) is 9.42. The van der Waals surface area contributed by atoms with Gasteiger partial charge in [-0.15, -0.1) is 0 Å². The normalized spacial score (nSPS) is 20.2. The molecule has 1 aromatic heterocycles. The number of anilines is 1. The van der Waals surface area contributed by atoms with Gasteiger partial charge in [0, 0.05) is 12.6 Å². The number of hydrogen-bond donors (Lipinski definition) is 1. The number of rotatable bonds is 2. The molecule has 1 amide bonds. The molecular weight excluding hydrogens is 232 g/mol. The Hall–Kier alpha value is -1.62. The van der Waals surface area contributed by atoms with Crippen molar-refractivity contribution >= 4 is 29.3 Å². The Bertz CT molecular complexity index is 432. The summed E-state index contributed by atoms with van der Waals surface area (Å²) in [6.07, 6.45) is 1.95. The number of amides is 1. The third kappa shape index (κ3) is 1.86. The lowest BCUT2D eigenvalue weighted by atomic mass is 10.2. The molecule has 2 heterocycles. The molecule has 2 rings (SSSR count). The van der Waals surface area contributed by atoms with Gasteiger partial charge in [-0.3, -0.25) is 9.69 Å². The second-order valence-electron chi connectivity index (χ2n) is 3.49. The maximum atomic E-state index is 11.6. The summed E-state index contributed by atoms with van der Waals surface area (Å²) < 4.78 is 0. The highest BCUT2D eigenvalue weighted by Crippen LogP contribution is 2.25. The van der Waals surface area contributed by atoms with E-state index < -0.39 is 12.0 Å². The van der Waals surface area contributed by atoms with E-state index in [1.54, 1.807) is 12.1 Å². The first-order chi connectivity index (χ1) is 7.59. The van der Waals surface area contributed by atoms with Gasteiger partial charge in [0.15, 0.2) is 0 Å². The molecule has 0 spiro atoms. The number of halogens is 1. The SMILES string of the molecule is O=C(O)C1CCC(=O)N1c1ccc(Cl)cn1. The van der Waals surface area contributed by atoms with E-state index in [0.717, 1.165) is 0 Å². The Morgan fingerprint density at radius 3 is 2.88 bits per heavy atom. The number of hydrogen-bond acceptors (Lipinski definition) is 3. The standard InChI is InChI=1S/C10H9ClN2O3/c11-6-1-3-8(12-5-6)13-7(10(15)16)2-4-9(13)14/h1,3,5,7H,2,4H2,(H,15,16). The van der Waals surface area contributed by atoms with Gasteiger partial charge in [0.05, 0.1) is 5.02 Å². The third-order valence-corrected chi connectivity index (χ3v) is 2.68. The summed E-state index contributed by atoms with van der Waals surface area (Å²) in [5.41, 5.74) is 0. The lowest BCUT2D eigenvalue weighted by molar-refractivity contribution is -0.138. The summed E-state index contributed by atoms with van der Waals surface area (Å²) >= 11 is 5.67.